The Morgan fingerprint density at radius 1 is 1.38 bits per heavy atom. The van der Waals surface area contributed by atoms with Crippen LogP contribution < -0.4 is 10.9 Å². The quantitative estimate of drug-likeness (QED) is 0.845. The van der Waals surface area contributed by atoms with Crippen molar-refractivity contribution in [3.05, 3.63) is 33.7 Å². The molecule has 3 atom stereocenters. The summed E-state index contributed by atoms with van der Waals surface area (Å²) >= 11 is 1.70. The van der Waals surface area contributed by atoms with Crippen LogP contribution in [0.3, 0.4) is 0 Å². The van der Waals surface area contributed by atoms with Crippen molar-refractivity contribution >= 4 is 23.6 Å². The third-order valence-electron chi connectivity index (χ3n) is 5.40. The van der Waals surface area contributed by atoms with Crippen molar-refractivity contribution in [2.75, 3.05) is 5.75 Å². The van der Waals surface area contributed by atoms with E-state index in [1.807, 2.05) is 6.07 Å². The molecule has 7 heteroatoms. The number of nitrogens with one attached hydrogen (secondary N) is 2. The summed E-state index contributed by atoms with van der Waals surface area (Å²) in [6, 6.07) is 2.85. The van der Waals surface area contributed by atoms with Gasteiger partial charge >= 0.3 is 0 Å². The van der Waals surface area contributed by atoms with Crippen molar-refractivity contribution in [3.8, 4) is 0 Å². The van der Waals surface area contributed by atoms with Crippen LogP contribution in [0.2, 0.25) is 0 Å². The highest BCUT2D eigenvalue weighted by Gasteiger charge is 2.53. The van der Waals surface area contributed by atoms with Gasteiger partial charge in [-0.15, -0.1) is 11.8 Å². The van der Waals surface area contributed by atoms with E-state index in [9.17, 15) is 14.4 Å². The van der Waals surface area contributed by atoms with Crippen molar-refractivity contribution in [1.82, 2.24) is 15.2 Å². The molecule has 2 amide bonds. The van der Waals surface area contributed by atoms with Gasteiger partial charge in [-0.3, -0.25) is 14.4 Å². The molecule has 2 aliphatic heterocycles. The number of amides is 2. The van der Waals surface area contributed by atoms with Gasteiger partial charge in [-0.1, -0.05) is 0 Å². The molecule has 4 rings (SSSR count). The van der Waals surface area contributed by atoms with E-state index in [-0.39, 0.29) is 34.3 Å². The summed E-state index contributed by atoms with van der Waals surface area (Å²) in [5.41, 5.74) is 1.81. The van der Waals surface area contributed by atoms with Crippen molar-refractivity contribution < 1.29 is 9.59 Å². The van der Waals surface area contributed by atoms with Crippen LogP contribution in [0.25, 0.3) is 0 Å². The fourth-order valence-corrected chi connectivity index (χ4v) is 5.56. The number of hydrogen-bond donors (Lipinski definition) is 2. The van der Waals surface area contributed by atoms with E-state index < -0.39 is 0 Å². The molecule has 0 spiro atoms. The van der Waals surface area contributed by atoms with Gasteiger partial charge in [-0.05, 0) is 44.2 Å². The minimum Gasteiger partial charge on any atom is -0.347 e. The highest BCUT2D eigenvalue weighted by molar-refractivity contribution is 8.01. The van der Waals surface area contributed by atoms with E-state index in [0.29, 0.717) is 12.2 Å². The summed E-state index contributed by atoms with van der Waals surface area (Å²) in [5.74, 6) is 0.653. The minimum absolute atomic E-state index is 0.0782. The fraction of sp³-hybridized carbons (Fsp3) is 0.588. The second kappa shape index (κ2) is 5.65. The third kappa shape index (κ3) is 2.46. The van der Waals surface area contributed by atoms with Gasteiger partial charge in [0.2, 0.25) is 17.4 Å². The van der Waals surface area contributed by atoms with E-state index in [4.69, 9.17) is 0 Å². The van der Waals surface area contributed by atoms with Crippen LogP contribution in [0, 0.1) is 0 Å². The van der Waals surface area contributed by atoms with Crippen molar-refractivity contribution in [2.24, 2.45) is 0 Å². The zero-order valence-corrected chi connectivity index (χ0v) is 14.4. The van der Waals surface area contributed by atoms with Crippen LogP contribution >= 0.6 is 11.8 Å². The molecule has 3 unspecified atom stereocenters. The Labute approximate surface area is 144 Å². The average Bonchev–Trinajstić information content (AvgIpc) is 3.04. The highest BCUT2D eigenvalue weighted by atomic mass is 32.2. The maximum atomic E-state index is 12.8. The van der Waals surface area contributed by atoms with Gasteiger partial charge in [0.25, 0.3) is 0 Å². The molecule has 0 aromatic carbocycles. The van der Waals surface area contributed by atoms with Crippen LogP contribution in [0.15, 0.2) is 16.9 Å². The fourth-order valence-electron chi connectivity index (χ4n) is 4.13. The molecular formula is C17H21N3O3S. The topological polar surface area (TPSA) is 82.3 Å². The monoisotopic (exact) mass is 347 g/mol. The summed E-state index contributed by atoms with van der Waals surface area (Å²) < 4.78 is 0. The second-order valence-corrected chi connectivity index (χ2v) is 8.48. The number of fused-ring (bicyclic) bond motifs is 2. The van der Waals surface area contributed by atoms with Gasteiger partial charge in [-0.2, -0.15) is 0 Å². The summed E-state index contributed by atoms with van der Waals surface area (Å²) in [6.07, 6.45) is 3.96. The van der Waals surface area contributed by atoms with Crippen LogP contribution in [0.5, 0.6) is 0 Å². The van der Waals surface area contributed by atoms with E-state index in [0.717, 1.165) is 36.9 Å². The molecule has 2 N–H and O–H groups in total. The van der Waals surface area contributed by atoms with E-state index >= 15 is 0 Å². The summed E-state index contributed by atoms with van der Waals surface area (Å²) in [5, 5.41) is 3.12. The number of hydrogen-bond acceptors (Lipinski definition) is 4. The molecule has 0 saturated carbocycles. The maximum Gasteiger partial charge on any atom is 0.248 e. The Kier molecular flexibility index (Phi) is 3.71. The first-order valence-electron chi connectivity index (χ1n) is 8.46. The minimum atomic E-state index is -0.386. The molecule has 1 aliphatic carbocycles. The maximum absolute atomic E-state index is 12.8. The van der Waals surface area contributed by atoms with Crippen molar-refractivity contribution in [3.63, 3.8) is 0 Å². The van der Waals surface area contributed by atoms with Gasteiger partial charge in [0.05, 0.1) is 10.9 Å². The standard InChI is InChI=1S/C17H21N3O3S/c1-17-8-7-15(22)20(17)13(9-24-17)16(23)19-12-4-2-3-11-10(12)5-6-14(21)18-11/h5-6,12-13H,2-4,7-9H2,1H3,(H,18,21)(H,19,23). The number of aryl methyl sites for hydroxylation is 1. The molecular weight excluding hydrogens is 326 g/mol. The van der Waals surface area contributed by atoms with Crippen molar-refractivity contribution in [1.29, 1.82) is 0 Å². The predicted molar refractivity (Wildman–Crippen MR) is 91.6 cm³/mol. The zero-order chi connectivity index (χ0) is 16.9. The number of rotatable bonds is 2. The van der Waals surface area contributed by atoms with Crippen LogP contribution in [0.4, 0.5) is 0 Å². The van der Waals surface area contributed by atoms with Gasteiger partial charge in [0.1, 0.15) is 6.04 Å². The molecule has 24 heavy (non-hydrogen) atoms. The van der Waals surface area contributed by atoms with Gasteiger partial charge in [0, 0.05) is 23.9 Å². The lowest BCUT2D eigenvalue weighted by atomic mass is 9.91. The lowest BCUT2D eigenvalue weighted by molar-refractivity contribution is -0.138. The van der Waals surface area contributed by atoms with Crippen molar-refractivity contribution in [2.45, 2.75) is 56.0 Å². The number of H-pyrrole nitrogens is 1. The summed E-state index contributed by atoms with van der Waals surface area (Å²) in [4.78, 5) is 40.9. The highest BCUT2D eigenvalue weighted by Crippen LogP contribution is 2.47. The summed E-state index contributed by atoms with van der Waals surface area (Å²) in [7, 11) is 0. The molecule has 1 aromatic heterocycles. The lowest BCUT2D eigenvalue weighted by Crippen LogP contribution is -2.51. The third-order valence-corrected chi connectivity index (χ3v) is 6.90. The molecule has 0 bridgehead atoms. The Morgan fingerprint density at radius 3 is 3.04 bits per heavy atom. The first-order valence-corrected chi connectivity index (χ1v) is 9.45. The first kappa shape index (κ1) is 15.7. The number of thioether (sulfide) groups is 1. The Balaban J connectivity index is 1.54. The molecule has 2 fully saturated rings. The Bertz CT molecular complexity index is 762. The molecule has 1 aromatic rings. The van der Waals surface area contributed by atoms with Crippen LogP contribution in [-0.2, 0) is 16.0 Å². The molecule has 128 valence electrons. The van der Waals surface area contributed by atoms with Crippen LogP contribution in [-0.4, -0.2) is 38.4 Å². The normalized spacial score (nSPS) is 31.7. The van der Waals surface area contributed by atoms with Gasteiger partial charge in [-0.25, -0.2) is 0 Å². The summed E-state index contributed by atoms with van der Waals surface area (Å²) in [6.45, 7) is 2.05. The second-order valence-electron chi connectivity index (χ2n) is 6.98. The predicted octanol–water partition coefficient (Wildman–Crippen LogP) is 1.32. The van der Waals surface area contributed by atoms with Crippen LogP contribution in [0.1, 0.15) is 49.9 Å². The first-order chi connectivity index (χ1) is 11.5. The lowest BCUT2D eigenvalue weighted by Gasteiger charge is -2.32. The van der Waals surface area contributed by atoms with Gasteiger partial charge in [0.15, 0.2) is 0 Å². The Morgan fingerprint density at radius 2 is 2.21 bits per heavy atom. The number of aromatic nitrogens is 1. The number of nitrogens with zero attached hydrogens (tertiary/aromatic N) is 1. The number of carbonyl (C=O) groups excluding carboxylic acids is 2. The van der Waals surface area contributed by atoms with Gasteiger partial charge < -0.3 is 15.2 Å². The average molecular weight is 347 g/mol. The SMILES string of the molecule is CC12CCC(=O)N1C(C(=O)NC1CCCc3[nH]c(=O)ccc31)CS2. The molecule has 2 saturated heterocycles. The van der Waals surface area contributed by atoms with E-state index in [1.165, 1.54) is 6.07 Å². The zero-order valence-electron chi connectivity index (χ0n) is 13.6. The Hall–Kier alpha value is -1.76. The van der Waals surface area contributed by atoms with E-state index in [2.05, 4.69) is 17.2 Å². The number of aromatic amines is 1. The van der Waals surface area contributed by atoms with E-state index in [1.54, 1.807) is 16.7 Å². The number of pyridine rings is 1. The number of carbonyl (C=O) groups is 2. The molecule has 6 nitrogen and oxygen atoms in total. The molecule has 3 heterocycles. The molecule has 3 aliphatic rings. The molecule has 0 radical (unpaired) electrons. The smallest absolute Gasteiger partial charge is 0.248 e. The largest absolute Gasteiger partial charge is 0.347 e.